The first-order valence-corrected chi connectivity index (χ1v) is 13.2. The molecule has 0 bridgehead atoms. The van der Waals surface area contributed by atoms with Gasteiger partial charge in [0.1, 0.15) is 11.5 Å². The second-order valence-corrected chi connectivity index (χ2v) is 9.41. The summed E-state index contributed by atoms with van der Waals surface area (Å²) in [4.78, 5) is 24.3. The summed E-state index contributed by atoms with van der Waals surface area (Å²) < 4.78 is 16.3. The van der Waals surface area contributed by atoms with Crippen LogP contribution in [0.2, 0.25) is 0 Å². The zero-order valence-electron chi connectivity index (χ0n) is 22.5. The molecule has 2 aromatic carbocycles. The van der Waals surface area contributed by atoms with Crippen molar-refractivity contribution in [3.63, 3.8) is 0 Å². The van der Waals surface area contributed by atoms with Gasteiger partial charge in [0.05, 0.1) is 38.5 Å². The van der Waals surface area contributed by atoms with E-state index in [-0.39, 0.29) is 0 Å². The smallest absolute Gasteiger partial charge is 0.233 e. The Kier molecular flexibility index (Phi) is 7.40. The first-order chi connectivity index (χ1) is 19.7. The average molecular weight is 542 g/mol. The van der Waals surface area contributed by atoms with Crippen molar-refractivity contribution in [2.45, 2.75) is 19.3 Å². The molecule has 1 saturated heterocycles. The molecule has 1 fully saturated rings. The van der Waals surface area contributed by atoms with Crippen LogP contribution in [0.3, 0.4) is 0 Å². The summed E-state index contributed by atoms with van der Waals surface area (Å²) in [6.07, 6.45) is 2.40. The maximum Gasteiger partial charge on any atom is 0.233 e. The third-order valence-electron chi connectivity index (χ3n) is 6.74. The van der Waals surface area contributed by atoms with E-state index >= 15 is 0 Å². The second-order valence-electron chi connectivity index (χ2n) is 9.41. The molecule has 3 aromatic heterocycles. The fourth-order valence-electron chi connectivity index (χ4n) is 4.67. The number of imidazole rings is 1. The lowest BCUT2D eigenvalue weighted by Crippen LogP contribution is -2.37. The standard InChI is InChI=1S/C28H31N9O3/c1-38-22-11-10-18(16-23(22)39-2)6-5-9-24-31-27(34-28(33-24)37-12-14-40-15-13-37)32-25-17-21(35-36-25)26-29-19-7-3-4-8-20(19)30-26/h3-4,7-8,10-11,16-17H,5-6,9,12-15H2,1-2H3,(H,29,30)(H2,31,32,33,34,35,36). The van der Waals surface area contributed by atoms with E-state index in [4.69, 9.17) is 29.2 Å². The lowest BCUT2D eigenvalue weighted by atomic mass is 10.1. The van der Waals surface area contributed by atoms with Crippen LogP contribution in [0.15, 0.2) is 48.5 Å². The molecule has 3 N–H and O–H groups in total. The minimum atomic E-state index is 0.445. The fourth-order valence-corrected chi connectivity index (χ4v) is 4.67. The molecule has 0 unspecified atom stereocenters. The molecule has 0 aliphatic carbocycles. The van der Waals surface area contributed by atoms with Crippen LogP contribution in [0.1, 0.15) is 17.8 Å². The molecule has 4 heterocycles. The number of nitrogens with zero attached hydrogens (tertiary/aromatic N) is 6. The molecule has 0 spiro atoms. The third kappa shape index (κ3) is 5.66. The van der Waals surface area contributed by atoms with Crippen molar-refractivity contribution in [2.75, 3.05) is 50.7 Å². The number of aromatic nitrogens is 7. The Bertz CT molecular complexity index is 1560. The van der Waals surface area contributed by atoms with Gasteiger partial charge in [0.25, 0.3) is 0 Å². The van der Waals surface area contributed by atoms with Crippen LogP contribution >= 0.6 is 0 Å². The molecule has 12 nitrogen and oxygen atoms in total. The van der Waals surface area contributed by atoms with E-state index < -0.39 is 0 Å². The largest absolute Gasteiger partial charge is 0.493 e. The third-order valence-corrected chi connectivity index (χ3v) is 6.74. The Morgan fingerprint density at radius 2 is 1.77 bits per heavy atom. The number of rotatable bonds is 10. The van der Waals surface area contributed by atoms with Crippen molar-refractivity contribution in [3.8, 4) is 23.0 Å². The molecule has 0 amide bonds. The SMILES string of the molecule is COc1ccc(CCCc2nc(Nc3cc(-c4nc5ccccc5[nH]4)[nH]n3)nc(N3CCOCC3)n2)cc1OC. The number of aromatic amines is 2. The molecule has 5 aromatic rings. The number of ether oxygens (including phenoxy) is 3. The van der Waals surface area contributed by atoms with E-state index in [0.717, 1.165) is 59.7 Å². The highest BCUT2D eigenvalue weighted by atomic mass is 16.5. The number of hydrogen-bond donors (Lipinski definition) is 3. The van der Waals surface area contributed by atoms with Crippen molar-refractivity contribution in [2.24, 2.45) is 0 Å². The molecule has 40 heavy (non-hydrogen) atoms. The van der Waals surface area contributed by atoms with Gasteiger partial charge in [0.2, 0.25) is 11.9 Å². The minimum absolute atomic E-state index is 0.445. The number of morpholine rings is 1. The average Bonchev–Trinajstić information content (AvgIpc) is 3.64. The molecular formula is C28H31N9O3. The highest BCUT2D eigenvalue weighted by Gasteiger charge is 2.18. The zero-order valence-corrected chi connectivity index (χ0v) is 22.5. The molecule has 6 rings (SSSR count). The first kappa shape index (κ1) is 25.6. The lowest BCUT2D eigenvalue weighted by Gasteiger charge is -2.27. The Morgan fingerprint density at radius 1 is 0.925 bits per heavy atom. The van der Waals surface area contributed by atoms with Crippen LogP contribution in [-0.4, -0.2) is 75.6 Å². The summed E-state index contributed by atoms with van der Waals surface area (Å²) in [7, 11) is 3.28. The van der Waals surface area contributed by atoms with E-state index in [9.17, 15) is 0 Å². The number of fused-ring (bicyclic) bond motifs is 1. The number of methoxy groups -OCH3 is 2. The van der Waals surface area contributed by atoms with Crippen LogP contribution in [0, 0.1) is 0 Å². The van der Waals surface area contributed by atoms with E-state index in [1.54, 1.807) is 14.2 Å². The van der Waals surface area contributed by atoms with Crippen LogP contribution in [0.4, 0.5) is 17.7 Å². The topological polar surface area (TPSA) is 139 Å². The monoisotopic (exact) mass is 541 g/mol. The van der Waals surface area contributed by atoms with Gasteiger partial charge in [0, 0.05) is 25.6 Å². The van der Waals surface area contributed by atoms with Gasteiger partial charge in [-0.3, -0.25) is 5.10 Å². The van der Waals surface area contributed by atoms with E-state index in [1.165, 1.54) is 0 Å². The molecule has 1 aliphatic heterocycles. The molecule has 0 radical (unpaired) electrons. The number of nitrogens with one attached hydrogen (secondary N) is 3. The summed E-state index contributed by atoms with van der Waals surface area (Å²) in [5, 5.41) is 10.7. The summed E-state index contributed by atoms with van der Waals surface area (Å²) in [6, 6.07) is 15.8. The van der Waals surface area contributed by atoms with Crippen LogP contribution in [0.25, 0.3) is 22.6 Å². The first-order valence-electron chi connectivity index (χ1n) is 13.2. The van der Waals surface area contributed by atoms with E-state index in [0.29, 0.717) is 49.0 Å². The van der Waals surface area contributed by atoms with Crippen molar-refractivity contribution in [1.82, 2.24) is 35.1 Å². The maximum absolute atomic E-state index is 5.52. The predicted octanol–water partition coefficient (Wildman–Crippen LogP) is 3.91. The Hall–Kier alpha value is -4.71. The Labute approximate surface area is 231 Å². The van der Waals surface area contributed by atoms with Gasteiger partial charge in [-0.15, -0.1) is 0 Å². The number of aryl methyl sites for hydroxylation is 2. The minimum Gasteiger partial charge on any atom is -0.493 e. The van der Waals surface area contributed by atoms with Gasteiger partial charge in [-0.1, -0.05) is 18.2 Å². The molecule has 0 saturated carbocycles. The highest BCUT2D eigenvalue weighted by Crippen LogP contribution is 2.28. The zero-order chi connectivity index (χ0) is 27.3. The number of anilines is 3. The van der Waals surface area contributed by atoms with Crippen LogP contribution < -0.4 is 19.7 Å². The number of para-hydroxylation sites is 2. The van der Waals surface area contributed by atoms with Gasteiger partial charge in [0.15, 0.2) is 23.1 Å². The lowest BCUT2D eigenvalue weighted by molar-refractivity contribution is 0.122. The number of H-pyrrole nitrogens is 2. The van der Waals surface area contributed by atoms with Crippen LogP contribution in [-0.2, 0) is 17.6 Å². The molecule has 0 atom stereocenters. The van der Waals surface area contributed by atoms with Crippen molar-refractivity contribution in [1.29, 1.82) is 0 Å². The van der Waals surface area contributed by atoms with Gasteiger partial charge >= 0.3 is 0 Å². The number of benzene rings is 2. The van der Waals surface area contributed by atoms with E-state index in [2.05, 4.69) is 36.4 Å². The van der Waals surface area contributed by atoms with E-state index in [1.807, 2.05) is 42.5 Å². The molecular weight excluding hydrogens is 510 g/mol. The van der Waals surface area contributed by atoms with Crippen LogP contribution in [0.5, 0.6) is 11.5 Å². The van der Waals surface area contributed by atoms with Gasteiger partial charge in [-0.05, 0) is 42.7 Å². The number of hydrogen-bond acceptors (Lipinski definition) is 10. The summed E-state index contributed by atoms with van der Waals surface area (Å²) in [6.45, 7) is 2.74. The summed E-state index contributed by atoms with van der Waals surface area (Å²) in [5.74, 6) is 4.54. The predicted molar refractivity (Wildman–Crippen MR) is 151 cm³/mol. The van der Waals surface area contributed by atoms with Gasteiger partial charge in [-0.2, -0.15) is 20.1 Å². The Balaban J connectivity index is 1.19. The Morgan fingerprint density at radius 3 is 2.60 bits per heavy atom. The summed E-state index contributed by atoms with van der Waals surface area (Å²) >= 11 is 0. The molecule has 206 valence electrons. The van der Waals surface area contributed by atoms with Crippen molar-refractivity contribution >= 4 is 28.7 Å². The maximum atomic E-state index is 5.52. The highest BCUT2D eigenvalue weighted by molar-refractivity contribution is 5.79. The van der Waals surface area contributed by atoms with Gasteiger partial charge in [-0.25, -0.2) is 4.98 Å². The van der Waals surface area contributed by atoms with Crippen molar-refractivity contribution < 1.29 is 14.2 Å². The van der Waals surface area contributed by atoms with Crippen molar-refractivity contribution in [3.05, 3.63) is 59.9 Å². The quantitative estimate of drug-likeness (QED) is 0.238. The fraction of sp³-hybridized carbons (Fsp3) is 0.321. The second kappa shape index (κ2) is 11.6. The van der Waals surface area contributed by atoms with Gasteiger partial charge < -0.3 is 29.4 Å². The molecule has 1 aliphatic rings. The normalized spacial score (nSPS) is 13.5. The summed E-state index contributed by atoms with van der Waals surface area (Å²) in [5.41, 5.74) is 3.78. The molecule has 12 heteroatoms.